The molecule has 1 atom stereocenters. The molecular weight excluding hydrogens is 280 g/mol. The van der Waals surface area contributed by atoms with E-state index in [-0.39, 0.29) is 17.9 Å². The Balaban J connectivity index is 0.000000255. The standard InChI is InChI=1S/C12H23NO.C5H9NO2/c1-9(2)11(14)13-10-5-7-12(3,4)8-6-10;7-5(8)4-2-1-3-6-4/h9-10H,5-8H2,1-4H3,(H,13,14);4,6H,1-3H2,(H,7,8). The second kappa shape index (κ2) is 8.51. The van der Waals surface area contributed by atoms with Crippen LogP contribution in [0.15, 0.2) is 0 Å². The van der Waals surface area contributed by atoms with E-state index < -0.39 is 5.97 Å². The fourth-order valence-electron chi connectivity index (χ4n) is 2.81. The lowest BCUT2D eigenvalue weighted by atomic mass is 9.75. The van der Waals surface area contributed by atoms with Gasteiger partial charge in [-0.05, 0) is 50.5 Å². The first-order chi connectivity index (χ1) is 10.2. The van der Waals surface area contributed by atoms with Crippen LogP contribution in [0.25, 0.3) is 0 Å². The van der Waals surface area contributed by atoms with Crippen molar-refractivity contribution in [3.05, 3.63) is 0 Å². The van der Waals surface area contributed by atoms with Crippen molar-refractivity contribution in [2.75, 3.05) is 6.54 Å². The highest BCUT2D eigenvalue weighted by Crippen LogP contribution is 2.34. The molecule has 1 unspecified atom stereocenters. The molecule has 0 radical (unpaired) electrons. The molecule has 1 heterocycles. The van der Waals surface area contributed by atoms with Gasteiger partial charge in [0.2, 0.25) is 5.91 Å². The predicted molar refractivity (Wildman–Crippen MR) is 87.7 cm³/mol. The number of carboxylic acids is 1. The van der Waals surface area contributed by atoms with E-state index >= 15 is 0 Å². The van der Waals surface area contributed by atoms with E-state index in [0.717, 1.165) is 32.2 Å². The summed E-state index contributed by atoms with van der Waals surface area (Å²) >= 11 is 0. The second-order valence-electron chi connectivity index (χ2n) is 7.59. The van der Waals surface area contributed by atoms with Crippen LogP contribution >= 0.6 is 0 Å². The van der Waals surface area contributed by atoms with Gasteiger partial charge >= 0.3 is 5.97 Å². The molecule has 0 aromatic carbocycles. The van der Waals surface area contributed by atoms with E-state index in [1.54, 1.807) is 0 Å². The number of carbonyl (C=O) groups is 2. The second-order valence-corrected chi connectivity index (χ2v) is 7.59. The van der Waals surface area contributed by atoms with Crippen molar-refractivity contribution in [1.29, 1.82) is 0 Å². The summed E-state index contributed by atoms with van der Waals surface area (Å²) in [6.45, 7) is 9.38. The number of hydrogen-bond acceptors (Lipinski definition) is 3. The third-order valence-electron chi connectivity index (χ3n) is 4.57. The Labute approximate surface area is 134 Å². The van der Waals surface area contributed by atoms with Crippen molar-refractivity contribution in [2.24, 2.45) is 11.3 Å². The Kier molecular flexibility index (Phi) is 7.33. The van der Waals surface area contributed by atoms with Gasteiger partial charge in [-0.15, -0.1) is 0 Å². The van der Waals surface area contributed by atoms with Gasteiger partial charge < -0.3 is 15.7 Å². The van der Waals surface area contributed by atoms with Gasteiger partial charge in [-0.25, -0.2) is 0 Å². The molecule has 0 aromatic heterocycles. The number of hydrogen-bond donors (Lipinski definition) is 3. The summed E-state index contributed by atoms with van der Waals surface area (Å²) < 4.78 is 0. The predicted octanol–water partition coefficient (Wildman–Crippen LogP) is 2.55. The summed E-state index contributed by atoms with van der Waals surface area (Å²) in [4.78, 5) is 21.6. The Morgan fingerprint density at radius 1 is 1.18 bits per heavy atom. The van der Waals surface area contributed by atoms with Crippen LogP contribution in [0.5, 0.6) is 0 Å². The van der Waals surface area contributed by atoms with E-state index in [1.165, 1.54) is 12.8 Å². The van der Waals surface area contributed by atoms with E-state index in [1.807, 2.05) is 13.8 Å². The first-order valence-corrected chi connectivity index (χ1v) is 8.48. The van der Waals surface area contributed by atoms with Gasteiger partial charge in [0.05, 0.1) is 0 Å². The highest BCUT2D eigenvalue weighted by Gasteiger charge is 2.27. The van der Waals surface area contributed by atoms with Gasteiger partial charge in [0.15, 0.2) is 0 Å². The van der Waals surface area contributed by atoms with E-state index in [4.69, 9.17) is 5.11 Å². The molecule has 2 rings (SSSR count). The van der Waals surface area contributed by atoms with Crippen LogP contribution < -0.4 is 10.6 Å². The van der Waals surface area contributed by atoms with E-state index in [0.29, 0.717) is 11.5 Å². The van der Waals surface area contributed by atoms with Crippen LogP contribution in [0.1, 0.15) is 66.2 Å². The molecule has 1 saturated carbocycles. The molecule has 128 valence electrons. The molecule has 5 heteroatoms. The number of amides is 1. The van der Waals surface area contributed by atoms with Gasteiger partial charge in [0.25, 0.3) is 0 Å². The molecule has 0 spiro atoms. The molecule has 0 aromatic rings. The molecular formula is C17H32N2O3. The summed E-state index contributed by atoms with van der Waals surface area (Å²) in [6, 6.07) is 0.160. The lowest BCUT2D eigenvalue weighted by Crippen LogP contribution is -2.41. The zero-order valence-corrected chi connectivity index (χ0v) is 14.4. The van der Waals surface area contributed by atoms with Gasteiger partial charge in [-0.1, -0.05) is 27.7 Å². The van der Waals surface area contributed by atoms with Crippen LogP contribution in [0.4, 0.5) is 0 Å². The number of rotatable bonds is 3. The molecule has 2 aliphatic rings. The summed E-state index contributed by atoms with van der Waals surface area (Å²) in [5, 5.41) is 14.3. The number of carbonyl (C=O) groups excluding carboxylic acids is 1. The zero-order valence-electron chi connectivity index (χ0n) is 14.4. The quantitative estimate of drug-likeness (QED) is 0.748. The van der Waals surface area contributed by atoms with Crippen LogP contribution in [0, 0.1) is 11.3 Å². The van der Waals surface area contributed by atoms with Gasteiger partial charge in [-0.3, -0.25) is 9.59 Å². The average molecular weight is 312 g/mol. The summed E-state index contributed by atoms with van der Waals surface area (Å²) in [5.74, 6) is -0.401. The summed E-state index contributed by atoms with van der Waals surface area (Å²) in [7, 11) is 0. The fraction of sp³-hybridized carbons (Fsp3) is 0.882. The van der Waals surface area contributed by atoms with Gasteiger partial charge in [0.1, 0.15) is 6.04 Å². The molecule has 22 heavy (non-hydrogen) atoms. The highest BCUT2D eigenvalue weighted by molar-refractivity contribution is 5.78. The average Bonchev–Trinajstić information content (AvgIpc) is 2.96. The molecule has 3 N–H and O–H groups in total. The van der Waals surface area contributed by atoms with E-state index in [9.17, 15) is 9.59 Å². The minimum atomic E-state index is -0.720. The molecule has 5 nitrogen and oxygen atoms in total. The Morgan fingerprint density at radius 2 is 1.77 bits per heavy atom. The lowest BCUT2D eigenvalue weighted by molar-refractivity contribution is -0.139. The lowest BCUT2D eigenvalue weighted by Gasteiger charge is -2.34. The normalized spacial score (nSPS) is 24.5. The number of carboxylic acid groups (broad SMARTS) is 1. The minimum absolute atomic E-state index is 0.116. The van der Waals surface area contributed by atoms with Crippen molar-refractivity contribution in [3.63, 3.8) is 0 Å². The molecule has 1 saturated heterocycles. The monoisotopic (exact) mass is 312 g/mol. The van der Waals surface area contributed by atoms with Crippen molar-refractivity contribution >= 4 is 11.9 Å². The van der Waals surface area contributed by atoms with Crippen LogP contribution in [0.2, 0.25) is 0 Å². The first kappa shape index (κ1) is 18.9. The summed E-state index contributed by atoms with van der Waals surface area (Å²) in [5.41, 5.74) is 0.485. The van der Waals surface area contributed by atoms with Crippen LogP contribution in [0.3, 0.4) is 0 Å². The topological polar surface area (TPSA) is 78.4 Å². The van der Waals surface area contributed by atoms with Crippen LogP contribution in [-0.4, -0.2) is 35.6 Å². The highest BCUT2D eigenvalue weighted by atomic mass is 16.4. The van der Waals surface area contributed by atoms with Crippen LogP contribution in [-0.2, 0) is 9.59 Å². The third kappa shape index (κ3) is 6.77. The number of aliphatic carboxylic acids is 1. The number of nitrogens with one attached hydrogen (secondary N) is 2. The molecule has 1 aliphatic carbocycles. The van der Waals surface area contributed by atoms with Gasteiger partial charge in [0, 0.05) is 12.0 Å². The Morgan fingerprint density at radius 3 is 2.14 bits per heavy atom. The minimum Gasteiger partial charge on any atom is -0.480 e. The van der Waals surface area contributed by atoms with Gasteiger partial charge in [-0.2, -0.15) is 0 Å². The molecule has 0 bridgehead atoms. The maximum atomic E-state index is 11.5. The fourth-order valence-corrected chi connectivity index (χ4v) is 2.81. The smallest absolute Gasteiger partial charge is 0.320 e. The zero-order chi connectivity index (χ0) is 16.8. The van der Waals surface area contributed by atoms with E-state index in [2.05, 4.69) is 24.5 Å². The maximum Gasteiger partial charge on any atom is 0.320 e. The van der Waals surface area contributed by atoms with Crippen molar-refractivity contribution in [2.45, 2.75) is 78.3 Å². The Bertz CT molecular complexity index is 364. The van der Waals surface area contributed by atoms with Crippen molar-refractivity contribution < 1.29 is 14.7 Å². The molecule has 1 amide bonds. The third-order valence-corrected chi connectivity index (χ3v) is 4.57. The van der Waals surface area contributed by atoms with Crippen molar-refractivity contribution in [1.82, 2.24) is 10.6 Å². The SMILES string of the molecule is CC(C)C(=O)NC1CCC(C)(C)CC1.O=C(O)C1CCCN1. The molecule has 1 aliphatic heterocycles. The maximum absolute atomic E-state index is 11.5. The first-order valence-electron chi connectivity index (χ1n) is 8.48. The summed E-state index contributed by atoms with van der Waals surface area (Å²) in [6.07, 6.45) is 6.54. The Hall–Kier alpha value is -1.10. The molecule has 2 fully saturated rings. The largest absolute Gasteiger partial charge is 0.480 e. The van der Waals surface area contributed by atoms with Crippen molar-refractivity contribution in [3.8, 4) is 0 Å².